The summed E-state index contributed by atoms with van der Waals surface area (Å²) in [6.07, 6.45) is 1.57. The number of likely N-dealkylation sites (tertiary alicyclic amines) is 1. The van der Waals surface area contributed by atoms with Gasteiger partial charge in [0.15, 0.2) is 11.6 Å². The molecule has 1 amide bonds. The summed E-state index contributed by atoms with van der Waals surface area (Å²) in [5.41, 5.74) is 3.77. The lowest BCUT2D eigenvalue weighted by Crippen LogP contribution is -2.37. The van der Waals surface area contributed by atoms with Crippen molar-refractivity contribution in [1.29, 1.82) is 0 Å². The minimum Gasteiger partial charge on any atom is -0.497 e. The molecule has 0 spiro atoms. The van der Waals surface area contributed by atoms with Crippen molar-refractivity contribution >= 4 is 11.6 Å². The van der Waals surface area contributed by atoms with E-state index >= 15 is 0 Å². The zero-order valence-corrected chi connectivity index (χ0v) is 19.0. The van der Waals surface area contributed by atoms with Crippen LogP contribution in [0.1, 0.15) is 18.4 Å². The van der Waals surface area contributed by atoms with Crippen molar-refractivity contribution in [3.8, 4) is 22.6 Å². The number of amides is 1. The average Bonchev–Trinajstić information content (AvgIpc) is 2.86. The maximum absolute atomic E-state index is 13.7. The summed E-state index contributed by atoms with van der Waals surface area (Å²) in [6, 6.07) is 20.6. The van der Waals surface area contributed by atoms with Gasteiger partial charge in [-0.1, -0.05) is 36.4 Å². The molecule has 4 rings (SSSR count). The topological polar surface area (TPSA) is 50.8 Å². The highest BCUT2D eigenvalue weighted by Crippen LogP contribution is 2.31. The number of anilines is 1. The van der Waals surface area contributed by atoms with Gasteiger partial charge in [-0.05, 0) is 67.4 Å². The lowest BCUT2D eigenvalue weighted by atomic mass is 9.95. The summed E-state index contributed by atoms with van der Waals surface area (Å²) >= 11 is 0. The molecule has 0 aromatic heterocycles. The van der Waals surface area contributed by atoms with Gasteiger partial charge >= 0.3 is 0 Å². The molecule has 0 unspecified atom stereocenters. The molecule has 0 aliphatic carbocycles. The molecule has 1 saturated heterocycles. The summed E-state index contributed by atoms with van der Waals surface area (Å²) in [4.78, 5) is 15.3. The lowest BCUT2D eigenvalue weighted by Gasteiger charge is -2.31. The minimum atomic E-state index is -0.356. The molecular formula is C27H29FN2O3. The SMILES string of the molecule is COc1cccc(-c2ccccc2NC(=O)C2CCN(Cc3ccc(F)c(OC)c3)CC2)c1. The van der Waals surface area contributed by atoms with E-state index in [1.165, 1.54) is 13.2 Å². The summed E-state index contributed by atoms with van der Waals surface area (Å²) < 4.78 is 24.1. The second-order valence-corrected chi connectivity index (χ2v) is 8.29. The maximum Gasteiger partial charge on any atom is 0.227 e. The molecule has 1 aliphatic rings. The third-order valence-electron chi connectivity index (χ3n) is 6.15. The van der Waals surface area contributed by atoms with Crippen LogP contribution in [-0.2, 0) is 11.3 Å². The number of piperidine rings is 1. The number of nitrogens with zero attached hydrogens (tertiary/aromatic N) is 1. The van der Waals surface area contributed by atoms with E-state index in [0.717, 1.165) is 54.1 Å². The largest absolute Gasteiger partial charge is 0.497 e. The molecule has 0 radical (unpaired) electrons. The quantitative estimate of drug-likeness (QED) is 0.529. The Morgan fingerprint density at radius 3 is 2.55 bits per heavy atom. The molecule has 0 atom stereocenters. The summed E-state index contributed by atoms with van der Waals surface area (Å²) in [6.45, 7) is 2.34. The first-order valence-electron chi connectivity index (χ1n) is 11.2. The molecule has 172 valence electrons. The van der Waals surface area contributed by atoms with Crippen LogP contribution in [0.15, 0.2) is 66.7 Å². The molecule has 0 saturated carbocycles. The molecule has 6 heteroatoms. The molecule has 1 heterocycles. The molecule has 1 fully saturated rings. The Balaban J connectivity index is 1.37. The van der Waals surface area contributed by atoms with Gasteiger partial charge in [0.1, 0.15) is 5.75 Å². The molecular weight excluding hydrogens is 419 g/mol. The highest BCUT2D eigenvalue weighted by Gasteiger charge is 2.25. The van der Waals surface area contributed by atoms with Crippen molar-refractivity contribution in [2.75, 3.05) is 32.6 Å². The molecule has 1 N–H and O–H groups in total. The predicted molar refractivity (Wildman–Crippen MR) is 128 cm³/mol. The van der Waals surface area contributed by atoms with E-state index in [1.807, 2.05) is 48.5 Å². The van der Waals surface area contributed by atoms with Crippen LogP contribution >= 0.6 is 0 Å². The van der Waals surface area contributed by atoms with Crippen LogP contribution in [0.2, 0.25) is 0 Å². The van der Waals surface area contributed by atoms with Gasteiger partial charge in [0, 0.05) is 23.7 Å². The summed E-state index contributed by atoms with van der Waals surface area (Å²) in [5, 5.41) is 3.15. The number of halogens is 1. The van der Waals surface area contributed by atoms with Crippen molar-refractivity contribution in [2.24, 2.45) is 5.92 Å². The number of benzene rings is 3. The normalized spacial score (nSPS) is 14.6. The van der Waals surface area contributed by atoms with Gasteiger partial charge in [-0.2, -0.15) is 0 Å². The van der Waals surface area contributed by atoms with Crippen molar-refractivity contribution in [1.82, 2.24) is 4.90 Å². The number of ether oxygens (including phenoxy) is 2. The van der Waals surface area contributed by atoms with E-state index in [-0.39, 0.29) is 23.4 Å². The standard InChI is InChI=1S/C27H29FN2O3/c1-32-22-7-5-6-21(17-22)23-8-3-4-9-25(23)29-27(31)20-12-14-30(15-13-20)18-19-10-11-24(28)26(16-19)33-2/h3-11,16-17,20H,12-15,18H2,1-2H3,(H,29,31). The second-order valence-electron chi connectivity index (χ2n) is 8.29. The first kappa shape index (κ1) is 22.8. The van der Waals surface area contributed by atoms with E-state index in [1.54, 1.807) is 19.2 Å². The number of carbonyl (C=O) groups excluding carboxylic acids is 1. The average molecular weight is 449 g/mol. The Bertz CT molecular complexity index is 1110. The highest BCUT2D eigenvalue weighted by atomic mass is 19.1. The molecule has 3 aromatic carbocycles. The molecule has 33 heavy (non-hydrogen) atoms. The third-order valence-corrected chi connectivity index (χ3v) is 6.15. The maximum atomic E-state index is 13.7. The fraction of sp³-hybridized carbons (Fsp3) is 0.296. The van der Waals surface area contributed by atoms with Gasteiger partial charge < -0.3 is 14.8 Å². The van der Waals surface area contributed by atoms with E-state index in [0.29, 0.717) is 6.54 Å². The van der Waals surface area contributed by atoms with Crippen molar-refractivity contribution in [3.63, 3.8) is 0 Å². The van der Waals surface area contributed by atoms with Gasteiger partial charge in [0.2, 0.25) is 5.91 Å². The number of rotatable bonds is 7. The smallest absolute Gasteiger partial charge is 0.227 e. The zero-order chi connectivity index (χ0) is 23.2. The van der Waals surface area contributed by atoms with Gasteiger partial charge in [-0.15, -0.1) is 0 Å². The van der Waals surface area contributed by atoms with Crippen LogP contribution < -0.4 is 14.8 Å². The van der Waals surface area contributed by atoms with Gasteiger partial charge in [0.25, 0.3) is 0 Å². The third kappa shape index (κ3) is 5.52. The van der Waals surface area contributed by atoms with Gasteiger partial charge in [-0.3, -0.25) is 9.69 Å². The van der Waals surface area contributed by atoms with Crippen LogP contribution in [0.5, 0.6) is 11.5 Å². The zero-order valence-electron chi connectivity index (χ0n) is 19.0. The van der Waals surface area contributed by atoms with Crippen molar-refractivity contribution in [3.05, 3.63) is 78.1 Å². The second kappa shape index (κ2) is 10.5. The van der Waals surface area contributed by atoms with Crippen LogP contribution in [0.3, 0.4) is 0 Å². The Labute approximate surface area is 194 Å². The minimum absolute atomic E-state index is 0.0395. The van der Waals surface area contributed by atoms with Gasteiger partial charge in [-0.25, -0.2) is 4.39 Å². The number of hydrogen-bond acceptors (Lipinski definition) is 4. The van der Waals surface area contributed by atoms with Crippen LogP contribution in [0.25, 0.3) is 11.1 Å². The summed E-state index contributed by atoms with van der Waals surface area (Å²) in [7, 11) is 3.12. The molecule has 5 nitrogen and oxygen atoms in total. The Kier molecular flexibility index (Phi) is 7.25. The fourth-order valence-electron chi connectivity index (χ4n) is 4.28. The Morgan fingerprint density at radius 1 is 1.00 bits per heavy atom. The number of carbonyl (C=O) groups is 1. The van der Waals surface area contributed by atoms with Crippen LogP contribution in [-0.4, -0.2) is 38.1 Å². The lowest BCUT2D eigenvalue weighted by molar-refractivity contribution is -0.121. The van der Waals surface area contributed by atoms with Crippen molar-refractivity contribution < 1.29 is 18.7 Å². The van der Waals surface area contributed by atoms with Crippen LogP contribution in [0.4, 0.5) is 10.1 Å². The highest BCUT2D eigenvalue weighted by molar-refractivity contribution is 5.96. The number of hydrogen-bond donors (Lipinski definition) is 1. The van der Waals surface area contributed by atoms with Crippen LogP contribution in [0, 0.1) is 11.7 Å². The first-order chi connectivity index (χ1) is 16.1. The fourth-order valence-corrected chi connectivity index (χ4v) is 4.28. The van der Waals surface area contributed by atoms with E-state index in [9.17, 15) is 9.18 Å². The monoisotopic (exact) mass is 448 g/mol. The predicted octanol–water partition coefficient (Wildman–Crippen LogP) is 5.36. The number of methoxy groups -OCH3 is 2. The molecule has 0 bridgehead atoms. The molecule has 1 aliphatic heterocycles. The van der Waals surface area contributed by atoms with Crippen molar-refractivity contribution in [2.45, 2.75) is 19.4 Å². The Hall–Kier alpha value is -3.38. The number of para-hydroxylation sites is 1. The number of nitrogens with one attached hydrogen (secondary N) is 1. The molecule has 3 aromatic rings. The summed E-state index contributed by atoms with van der Waals surface area (Å²) in [5.74, 6) is 0.693. The van der Waals surface area contributed by atoms with Gasteiger partial charge in [0.05, 0.1) is 14.2 Å². The Morgan fingerprint density at radius 2 is 1.79 bits per heavy atom. The van der Waals surface area contributed by atoms with E-state index < -0.39 is 0 Å². The first-order valence-corrected chi connectivity index (χ1v) is 11.2. The van der Waals surface area contributed by atoms with E-state index in [4.69, 9.17) is 9.47 Å². The van der Waals surface area contributed by atoms with E-state index in [2.05, 4.69) is 10.2 Å².